The summed E-state index contributed by atoms with van der Waals surface area (Å²) in [6, 6.07) is 0. The Kier molecular flexibility index (Phi) is 4.98. The standard InChI is InChI=1S/C8H16O4S/c1-7(6-8(9)10)4-3-5-13(2,11)12/h7H,3-6H2,1-2H3,(H,9,10). The molecule has 0 aromatic heterocycles. The summed E-state index contributed by atoms with van der Waals surface area (Å²) in [5, 5.41) is 8.42. The van der Waals surface area contributed by atoms with E-state index in [-0.39, 0.29) is 18.1 Å². The van der Waals surface area contributed by atoms with E-state index in [0.717, 1.165) is 0 Å². The highest BCUT2D eigenvalue weighted by Crippen LogP contribution is 2.10. The number of carboxylic acid groups (broad SMARTS) is 1. The van der Waals surface area contributed by atoms with Crippen LogP contribution in [0.3, 0.4) is 0 Å². The molecule has 0 heterocycles. The SMILES string of the molecule is CC(CCCS(C)(=O)=O)CC(=O)O. The zero-order valence-corrected chi connectivity index (χ0v) is 8.80. The molecule has 0 saturated heterocycles. The van der Waals surface area contributed by atoms with Gasteiger partial charge in [-0.1, -0.05) is 6.92 Å². The fraction of sp³-hybridized carbons (Fsp3) is 0.875. The Morgan fingerprint density at radius 1 is 1.46 bits per heavy atom. The highest BCUT2D eigenvalue weighted by atomic mass is 32.2. The Bertz CT molecular complexity index is 255. The Balaban J connectivity index is 3.60. The fourth-order valence-electron chi connectivity index (χ4n) is 1.09. The Hall–Kier alpha value is -0.580. The number of sulfone groups is 1. The Labute approximate surface area is 78.9 Å². The lowest BCUT2D eigenvalue weighted by Gasteiger charge is -2.06. The summed E-state index contributed by atoms with van der Waals surface area (Å²) >= 11 is 0. The average Bonchev–Trinajstić information content (AvgIpc) is 1.81. The molecule has 0 aliphatic rings. The van der Waals surface area contributed by atoms with Crippen LogP contribution in [0.25, 0.3) is 0 Å². The molecular weight excluding hydrogens is 192 g/mol. The molecule has 0 rings (SSSR count). The van der Waals surface area contributed by atoms with Crippen molar-refractivity contribution >= 4 is 15.8 Å². The number of carboxylic acids is 1. The van der Waals surface area contributed by atoms with E-state index in [1.165, 1.54) is 6.26 Å². The summed E-state index contributed by atoms with van der Waals surface area (Å²) in [7, 11) is -2.90. The van der Waals surface area contributed by atoms with Crippen molar-refractivity contribution in [3.05, 3.63) is 0 Å². The molecule has 0 aliphatic carbocycles. The van der Waals surface area contributed by atoms with Crippen molar-refractivity contribution in [2.75, 3.05) is 12.0 Å². The fourth-order valence-corrected chi connectivity index (χ4v) is 1.79. The van der Waals surface area contributed by atoms with Crippen molar-refractivity contribution in [3.8, 4) is 0 Å². The lowest BCUT2D eigenvalue weighted by molar-refractivity contribution is -0.138. The van der Waals surface area contributed by atoms with Crippen LogP contribution in [0.5, 0.6) is 0 Å². The van der Waals surface area contributed by atoms with Gasteiger partial charge in [-0.15, -0.1) is 0 Å². The number of aliphatic carboxylic acids is 1. The minimum absolute atomic E-state index is 0.0549. The smallest absolute Gasteiger partial charge is 0.303 e. The summed E-state index contributed by atoms with van der Waals surface area (Å²) < 4.78 is 21.4. The summed E-state index contributed by atoms with van der Waals surface area (Å²) in [6.07, 6.45) is 2.51. The van der Waals surface area contributed by atoms with Gasteiger partial charge in [-0.2, -0.15) is 0 Å². The Morgan fingerprint density at radius 3 is 2.38 bits per heavy atom. The summed E-state index contributed by atoms with van der Waals surface area (Å²) in [5.74, 6) is -0.622. The van der Waals surface area contributed by atoms with Gasteiger partial charge in [-0.25, -0.2) is 8.42 Å². The largest absolute Gasteiger partial charge is 0.481 e. The molecule has 0 radical (unpaired) electrons. The maximum absolute atomic E-state index is 10.7. The van der Waals surface area contributed by atoms with Gasteiger partial charge in [0, 0.05) is 18.4 Å². The molecule has 13 heavy (non-hydrogen) atoms. The molecule has 0 aromatic rings. The van der Waals surface area contributed by atoms with Crippen molar-refractivity contribution in [1.29, 1.82) is 0 Å². The molecule has 0 saturated carbocycles. The van der Waals surface area contributed by atoms with Crippen molar-refractivity contribution in [2.45, 2.75) is 26.2 Å². The van der Waals surface area contributed by atoms with Crippen molar-refractivity contribution < 1.29 is 18.3 Å². The molecule has 1 atom stereocenters. The van der Waals surface area contributed by atoms with Crippen LogP contribution in [0, 0.1) is 5.92 Å². The van der Waals surface area contributed by atoms with Crippen LogP contribution in [0.1, 0.15) is 26.2 Å². The molecule has 1 unspecified atom stereocenters. The maximum Gasteiger partial charge on any atom is 0.303 e. The van der Waals surface area contributed by atoms with Crippen LogP contribution >= 0.6 is 0 Å². The summed E-state index contributed by atoms with van der Waals surface area (Å²) in [4.78, 5) is 10.3. The molecule has 0 amide bonds. The van der Waals surface area contributed by atoms with Gasteiger partial charge < -0.3 is 5.11 Å². The monoisotopic (exact) mass is 208 g/mol. The van der Waals surface area contributed by atoms with Crippen LogP contribution in [0.2, 0.25) is 0 Å². The van der Waals surface area contributed by atoms with Gasteiger partial charge in [-0.3, -0.25) is 4.79 Å². The molecule has 0 bridgehead atoms. The van der Waals surface area contributed by atoms with E-state index in [1.807, 2.05) is 6.92 Å². The van der Waals surface area contributed by atoms with Gasteiger partial charge >= 0.3 is 5.97 Å². The number of rotatable bonds is 6. The van der Waals surface area contributed by atoms with E-state index in [9.17, 15) is 13.2 Å². The van der Waals surface area contributed by atoms with Crippen molar-refractivity contribution in [1.82, 2.24) is 0 Å². The average molecular weight is 208 g/mol. The van der Waals surface area contributed by atoms with Gasteiger partial charge in [-0.05, 0) is 18.8 Å². The second kappa shape index (κ2) is 5.21. The van der Waals surface area contributed by atoms with Gasteiger partial charge in [0.05, 0.1) is 0 Å². The van der Waals surface area contributed by atoms with Gasteiger partial charge in [0.2, 0.25) is 0 Å². The van der Waals surface area contributed by atoms with E-state index in [4.69, 9.17) is 5.11 Å². The second-order valence-electron chi connectivity index (χ2n) is 3.48. The first kappa shape index (κ1) is 12.4. The molecule has 5 heteroatoms. The third-order valence-electron chi connectivity index (χ3n) is 1.74. The maximum atomic E-state index is 10.7. The minimum Gasteiger partial charge on any atom is -0.481 e. The summed E-state index contributed by atoms with van der Waals surface area (Å²) in [5.41, 5.74) is 0. The number of carbonyl (C=O) groups is 1. The zero-order valence-electron chi connectivity index (χ0n) is 7.99. The predicted octanol–water partition coefficient (Wildman–Crippen LogP) is 0.922. The topological polar surface area (TPSA) is 71.4 Å². The van der Waals surface area contributed by atoms with Crippen LogP contribution in [0.15, 0.2) is 0 Å². The van der Waals surface area contributed by atoms with Gasteiger partial charge in [0.25, 0.3) is 0 Å². The van der Waals surface area contributed by atoms with Crippen molar-refractivity contribution in [3.63, 3.8) is 0 Å². The van der Waals surface area contributed by atoms with Gasteiger partial charge in [0.15, 0.2) is 0 Å². The zero-order chi connectivity index (χ0) is 10.5. The molecular formula is C8H16O4S. The first-order chi connectivity index (χ1) is 5.81. The molecule has 1 N–H and O–H groups in total. The molecule has 0 fully saturated rings. The highest BCUT2D eigenvalue weighted by molar-refractivity contribution is 7.90. The Morgan fingerprint density at radius 2 is 2.00 bits per heavy atom. The van der Waals surface area contributed by atoms with Gasteiger partial charge in [0.1, 0.15) is 9.84 Å². The van der Waals surface area contributed by atoms with E-state index in [1.54, 1.807) is 0 Å². The third-order valence-corrected chi connectivity index (χ3v) is 2.77. The molecule has 4 nitrogen and oxygen atoms in total. The van der Waals surface area contributed by atoms with E-state index in [2.05, 4.69) is 0 Å². The van der Waals surface area contributed by atoms with E-state index >= 15 is 0 Å². The first-order valence-corrected chi connectivity index (χ1v) is 6.27. The molecule has 0 aliphatic heterocycles. The van der Waals surface area contributed by atoms with Crippen LogP contribution in [-0.2, 0) is 14.6 Å². The van der Waals surface area contributed by atoms with Crippen LogP contribution < -0.4 is 0 Å². The van der Waals surface area contributed by atoms with Crippen LogP contribution in [-0.4, -0.2) is 31.5 Å². The quantitative estimate of drug-likeness (QED) is 0.704. The molecule has 0 spiro atoms. The second-order valence-corrected chi connectivity index (χ2v) is 5.73. The summed E-state index contributed by atoms with van der Waals surface area (Å²) in [6.45, 7) is 1.82. The third kappa shape index (κ3) is 9.33. The number of hydrogen-bond donors (Lipinski definition) is 1. The highest BCUT2D eigenvalue weighted by Gasteiger charge is 2.09. The van der Waals surface area contributed by atoms with E-state index < -0.39 is 15.8 Å². The number of hydrogen-bond acceptors (Lipinski definition) is 3. The minimum atomic E-state index is -2.90. The first-order valence-electron chi connectivity index (χ1n) is 4.21. The lowest BCUT2D eigenvalue weighted by Crippen LogP contribution is -2.08. The van der Waals surface area contributed by atoms with E-state index in [0.29, 0.717) is 12.8 Å². The molecule has 0 aromatic carbocycles. The normalized spacial score (nSPS) is 14.0. The van der Waals surface area contributed by atoms with Crippen molar-refractivity contribution in [2.24, 2.45) is 5.92 Å². The van der Waals surface area contributed by atoms with Crippen LogP contribution in [0.4, 0.5) is 0 Å². The molecule has 78 valence electrons. The lowest BCUT2D eigenvalue weighted by atomic mass is 10.0. The predicted molar refractivity (Wildman–Crippen MR) is 50.4 cm³/mol.